The van der Waals surface area contributed by atoms with Crippen LogP contribution in [-0.2, 0) is 6.42 Å². The van der Waals surface area contributed by atoms with Gasteiger partial charge in [0.2, 0.25) is 11.9 Å². The number of amides is 1. The first-order chi connectivity index (χ1) is 16.4. The first-order valence-corrected chi connectivity index (χ1v) is 11.1. The first kappa shape index (κ1) is 23.3. The van der Waals surface area contributed by atoms with Crippen molar-refractivity contribution < 1.29 is 9.53 Å². The van der Waals surface area contributed by atoms with Gasteiger partial charge in [0.15, 0.2) is 0 Å². The summed E-state index contributed by atoms with van der Waals surface area (Å²) in [5, 5.41) is 7.30. The topological polar surface area (TPSA) is 104 Å². The van der Waals surface area contributed by atoms with Crippen LogP contribution >= 0.6 is 11.6 Å². The van der Waals surface area contributed by atoms with Crippen LogP contribution in [0.3, 0.4) is 0 Å². The third kappa shape index (κ3) is 5.52. The minimum Gasteiger partial charge on any atom is -0.497 e. The Balaban J connectivity index is 1.55. The summed E-state index contributed by atoms with van der Waals surface area (Å²) in [6.07, 6.45) is 2.62. The molecular formula is C25H25ClN6O2. The van der Waals surface area contributed by atoms with Gasteiger partial charge in [-0.25, -0.2) is 9.97 Å². The number of carbonyl (C=O) groups is 1. The summed E-state index contributed by atoms with van der Waals surface area (Å²) in [5.41, 5.74) is 4.07. The van der Waals surface area contributed by atoms with E-state index in [1.165, 1.54) is 0 Å². The number of halogens is 1. The maximum absolute atomic E-state index is 12.9. The second-order valence-corrected chi connectivity index (χ2v) is 8.15. The third-order valence-corrected chi connectivity index (χ3v) is 5.52. The molecule has 9 heteroatoms. The lowest BCUT2D eigenvalue weighted by atomic mass is 10.1. The van der Waals surface area contributed by atoms with Gasteiger partial charge in [-0.2, -0.15) is 0 Å². The van der Waals surface area contributed by atoms with Gasteiger partial charge in [-0.3, -0.25) is 20.4 Å². The van der Waals surface area contributed by atoms with Crippen molar-refractivity contribution in [3.63, 3.8) is 0 Å². The van der Waals surface area contributed by atoms with Crippen LogP contribution in [0, 0.1) is 13.8 Å². The van der Waals surface area contributed by atoms with Crippen molar-refractivity contribution in [3.05, 3.63) is 82.3 Å². The predicted molar refractivity (Wildman–Crippen MR) is 135 cm³/mol. The molecule has 0 atom stereocenters. The van der Waals surface area contributed by atoms with Gasteiger partial charge >= 0.3 is 0 Å². The highest BCUT2D eigenvalue weighted by Crippen LogP contribution is 2.23. The summed E-state index contributed by atoms with van der Waals surface area (Å²) in [5.74, 6) is 1.02. The Hall–Kier alpha value is -3.91. The smallest absolute Gasteiger partial charge is 0.259 e. The molecule has 0 bridgehead atoms. The van der Waals surface area contributed by atoms with Crippen LogP contribution in [0.2, 0.25) is 5.02 Å². The summed E-state index contributed by atoms with van der Waals surface area (Å²) >= 11 is 6.20. The van der Waals surface area contributed by atoms with Gasteiger partial charge in [-0.15, -0.1) is 0 Å². The van der Waals surface area contributed by atoms with Gasteiger partial charge in [0.1, 0.15) is 5.75 Å². The number of aromatic nitrogens is 3. The van der Waals surface area contributed by atoms with Crippen LogP contribution in [0.4, 0.5) is 5.95 Å². The maximum Gasteiger partial charge on any atom is 0.259 e. The number of anilines is 1. The van der Waals surface area contributed by atoms with Crippen molar-refractivity contribution in [2.24, 2.45) is 4.99 Å². The number of guanidine groups is 1. The number of methoxy groups -OCH3 is 1. The number of rotatable bonds is 6. The van der Waals surface area contributed by atoms with Gasteiger partial charge in [0.05, 0.1) is 17.7 Å². The fourth-order valence-corrected chi connectivity index (χ4v) is 3.83. The fraction of sp³-hybridized carbons (Fsp3) is 0.200. The van der Waals surface area contributed by atoms with Crippen molar-refractivity contribution in [2.45, 2.75) is 20.3 Å². The van der Waals surface area contributed by atoms with Crippen molar-refractivity contribution in [1.82, 2.24) is 20.3 Å². The monoisotopic (exact) mass is 476 g/mol. The van der Waals surface area contributed by atoms with Crippen molar-refractivity contribution in [1.29, 1.82) is 0 Å². The molecule has 4 rings (SSSR count). The summed E-state index contributed by atoms with van der Waals surface area (Å²) in [6.45, 7) is 4.19. The van der Waals surface area contributed by atoms with Crippen molar-refractivity contribution in [2.75, 3.05) is 19.0 Å². The minimum absolute atomic E-state index is 0.247. The van der Waals surface area contributed by atoms with Gasteiger partial charge < -0.3 is 9.72 Å². The number of carbonyl (C=O) groups excluding carboxylic acids is 1. The molecule has 8 nitrogen and oxygen atoms in total. The van der Waals surface area contributed by atoms with E-state index in [9.17, 15) is 4.79 Å². The van der Waals surface area contributed by atoms with E-state index in [1.54, 1.807) is 31.4 Å². The highest BCUT2D eigenvalue weighted by molar-refractivity contribution is 6.34. The molecule has 0 spiro atoms. The second kappa shape index (κ2) is 10.4. The van der Waals surface area contributed by atoms with E-state index in [4.69, 9.17) is 16.3 Å². The van der Waals surface area contributed by atoms with Gasteiger partial charge in [0, 0.05) is 41.1 Å². The highest BCUT2D eigenvalue weighted by atomic mass is 35.5. The normalized spacial score (nSPS) is 11.5. The summed E-state index contributed by atoms with van der Waals surface area (Å²) in [7, 11) is 1.64. The van der Waals surface area contributed by atoms with E-state index in [-0.39, 0.29) is 11.9 Å². The highest BCUT2D eigenvalue weighted by Gasteiger charge is 2.14. The number of aliphatic imine (C=N–C) groups is 1. The number of aryl methyl sites for hydroxylation is 2. The summed E-state index contributed by atoms with van der Waals surface area (Å²) in [6, 6.07) is 14.6. The van der Waals surface area contributed by atoms with Crippen LogP contribution in [0.25, 0.3) is 10.9 Å². The van der Waals surface area contributed by atoms with Crippen LogP contribution in [0.1, 0.15) is 27.3 Å². The van der Waals surface area contributed by atoms with E-state index < -0.39 is 0 Å². The van der Waals surface area contributed by atoms with Crippen LogP contribution in [0.5, 0.6) is 5.75 Å². The molecule has 174 valence electrons. The average Bonchev–Trinajstić information content (AvgIpc) is 3.20. The molecule has 2 aromatic carbocycles. The Bertz CT molecular complexity index is 1340. The largest absolute Gasteiger partial charge is 0.497 e. The van der Waals surface area contributed by atoms with Gasteiger partial charge in [0.25, 0.3) is 5.91 Å². The molecule has 3 N–H and O–H groups in total. The Kier molecular flexibility index (Phi) is 7.08. The van der Waals surface area contributed by atoms with Crippen molar-refractivity contribution in [3.8, 4) is 5.75 Å². The molecule has 2 aromatic heterocycles. The zero-order valence-electron chi connectivity index (χ0n) is 19.1. The number of benzene rings is 2. The summed E-state index contributed by atoms with van der Waals surface area (Å²) in [4.78, 5) is 29.5. The van der Waals surface area contributed by atoms with Crippen LogP contribution in [-0.4, -0.2) is 40.5 Å². The molecule has 34 heavy (non-hydrogen) atoms. The second-order valence-electron chi connectivity index (χ2n) is 7.74. The average molecular weight is 477 g/mol. The van der Waals surface area contributed by atoms with Crippen molar-refractivity contribution >= 4 is 40.3 Å². The van der Waals surface area contributed by atoms with E-state index in [0.29, 0.717) is 29.5 Å². The number of hydrogen-bond acceptors (Lipinski definition) is 5. The maximum atomic E-state index is 12.9. The quantitative estimate of drug-likeness (QED) is 0.277. The molecule has 0 fully saturated rings. The standard InChI is InChI=1S/C25H25ClN6O2/c1-15-12-16(2)30-25(29-15)32-24(31-23(33)20-6-4-5-7-21(20)26)27-11-10-17-14-28-22-13-18(34-3)8-9-19(17)22/h4-9,12-14,28H,10-11H2,1-3H3,(H2,27,29,30,31,32,33). The van der Waals surface area contributed by atoms with Crippen LogP contribution < -0.4 is 15.4 Å². The first-order valence-electron chi connectivity index (χ1n) is 10.8. The molecule has 4 aromatic rings. The Morgan fingerprint density at radius 3 is 2.62 bits per heavy atom. The molecule has 0 radical (unpaired) electrons. The zero-order valence-corrected chi connectivity index (χ0v) is 19.9. The molecule has 0 unspecified atom stereocenters. The number of H-pyrrole nitrogens is 1. The van der Waals surface area contributed by atoms with Gasteiger partial charge in [-0.05, 0) is 56.2 Å². The molecule has 0 aliphatic heterocycles. The third-order valence-electron chi connectivity index (χ3n) is 5.19. The number of hydrogen-bond donors (Lipinski definition) is 3. The molecule has 0 aliphatic carbocycles. The molecule has 0 aliphatic rings. The number of fused-ring (bicyclic) bond motifs is 1. The van der Waals surface area contributed by atoms with E-state index in [1.807, 2.05) is 44.3 Å². The Morgan fingerprint density at radius 1 is 1.12 bits per heavy atom. The fourth-order valence-electron chi connectivity index (χ4n) is 3.61. The summed E-state index contributed by atoms with van der Waals surface area (Å²) < 4.78 is 5.29. The van der Waals surface area contributed by atoms with E-state index >= 15 is 0 Å². The molecule has 2 heterocycles. The SMILES string of the molecule is COc1ccc2c(CCN=C(NC(=O)c3ccccc3Cl)Nc3nc(C)cc(C)n3)c[nH]c2c1. The lowest BCUT2D eigenvalue weighted by molar-refractivity contribution is 0.0977. The number of nitrogens with zero attached hydrogens (tertiary/aromatic N) is 3. The zero-order chi connectivity index (χ0) is 24.1. The van der Waals surface area contributed by atoms with Crippen LogP contribution in [0.15, 0.2) is 59.7 Å². The van der Waals surface area contributed by atoms with Gasteiger partial charge in [-0.1, -0.05) is 23.7 Å². The minimum atomic E-state index is -0.375. The number of nitrogens with one attached hydrogen (secondary N) is 3. The molecular weight excluding hydrogens is 452 g/mol. The van der Waals surface area contributed by atoms with E-state index in [2.05, 4.69) is 30.6 Å². The lowest BCUT2D eigenvalue weighted by Crippen LogP contribution is -2.37. The molecule has 0 saturated carbocycles. The molecule has 0 saturated heterocycles. The Morgan fingerprint density at radius 2 is 1.88 bits per heavy atom. The Labute approximate surface area is 202 Å². The lowest BCUT2D eigenvalue weighted by Gasteiger charge is -2.12. The molecule has 1 amide bonds. The van der Waals surface area contributed by atoms with E-state index in [0.717, 1.165) is 33.6 Å². The number of aromatic amines is 1. The predicted octanol–water partition coefficient (Wildman–Crippen LogP) is 4.68. The number of ether oxygens (including phenoxy) is 1.